The molecule has 1 aromatic carbocycles. The van der Waals surface area contributed by atoms with Gasteiger partial charge in [0.05, 0.1) is 0 Å². The maximum atomic E-state index is 3.49. The molecule has 1 N–H and O–H groups in total. The number of nitrogens with zero attached hydrogens (tertiary/aromatic N) is 1. The molecule has 0 radical (unpaired) electrons. The highest BCUT2D eigenvalue weighted by Gasteiger charge is 2.23. The zero-order valence-corrected chi connectivity index (χ0v) is 9.29. The third kappa shape index (κ3) is 1.58. The smallest absolute Gasteiger partial charge is 0.0393 e. The van der Waals surface area contributed by atoms with E-state index in [0.717, 1.165) is 12.5 Å². The fourth-order valence-electron chi connectivity index (χ4n) is 2.56. The molecule has 0 aliphatic carbocycles. The van der Waals surface area contributed by atoms with Gasteiger partial charge in [-0.3, -0.25) is 0 Å². The predicted octanol–water partition coefficient (Wildman–Crippen LogP) is 2.50. The minimum Gasteiger partial charge on any atom is -0.385 e. The highest BCUT2D eigenvalue weighted by Crippen LogP contribution is 2.30. The zero-order valence-electron chi connectivity index (χ0n) is 9.29. The molecule has 0 atom stereocenters. The van der Waals surface area contributed by atoms with Crippen LogP contribution >= 0.6 is 0 Å². The molecule has 0 amide bonds. The molecule has 3 rings (SSSR count). The summed E-state index contributed by atoms with van der Waals surface area (Å²) < 4.78 is 0. The van der Waals surface area contributed by atoms with Gasteiger partial charge < -0.3 is 10.2 Å². The molecule has 2 nitrogen and oxygen atoms in total. The van der Waals surface area contributed by atoms with Crippen LogP contribution in [0.5, 0.6) is 0 Å². The second-order valence-electron chi connectivity index (χ2n) is 4.88. The van der Waals surface area contributed by atoms with Gasteiger partial charge in [-0.1, -0.05) is 13.0 Å². The summed E-state index contributed by atoms with van der Waals surface area (Å²) in [6, 6.07) is 6.89. The topological polar surface area (TPSA) is 15.3 Å². The van der Waals surface area contributed by atoms with Crippen LogP contribution in [0.1, 0.15) is 18.9 Å². The average molecular weight is 202 g/mol. The molecule has 2 aliphatic rings. The van der Waals surface area contributed by atoms with Gasteiger partial charge >= 0.3 is 0 Å². The van der Waals surface area contributed by atoms with Crippen molar-refractivity contribution in [1.82, 2.24) is 0 Å². The van der Waals surface area contributed by atoms with Crippen molar-refractivity contribution in [3.05, 3.63) is 23.8 Å². The van der Waals surface area contributed by atoms with Gasteiger partial charge in [0, 0.05) is 31.0 Å². The lowest BCUT2D eigenvalue weighted by Gasteiger charge is -2.39. The van der Waals surface area contributed by atoms with E-state index in [1.165, 1.54) is 42.9 Å². The molecule has 15 heavy (non-hydrogen) atoms. The Labute approximate surface area is 91.3 Å². The third-order valence-electron chi connectivity index (χ3n) is 3.46. The number of hydrogen-bond donors (Lipinski definition) is 1. The van der Waals surface area contributed by atoms with Crippen LogP contribution < -0.4 is 10.2 Å². The van der Waals surface area contributed by atoms with Crippen molar-refractivity contribution in [3.63, 3.8) is 0 Å². The lowest BCUT2D eigenvalue weighted by molar-refractivity contribution is 0.447. The van der Waals surface area contributed by atoms with Crippen LogP contribution in [0.2, 0.25) is 0 Å². The standard InChI is InChI=1S/C13H18N2/c1-10-8-15(9-10)12-5-4-11-3-2-6-14-13(11)7-12/h4-5,7,10,14H,2-3,6,8-9H2,1H3. The molecule has 0 spiro atoms. The van der Waals surface area contributed by atoms with Gasteiger partial charge in [-0.25, -0.2) is 0 Å². The molecular weight excluding hydrogens is 184 g/mol. The van der Waals surface area contributed by atoms with Crippen LogP contribution in [0.15, 0.2) is 18.2 Å². The van der Waals surface area contributed by atoms with Crippen molar-refractivity contribution >= 4 is 11.4 Å². The summed E-state index contributed by atoms with van der Waals surface area (Å²) in [7, 11) is 0. The molecule has 1 saturated heterocycles. The SMILES string of the molecule is CC1CN(c2ccc3c(c2)NCCC3)C1. The van der Waals surface area contributed by atoms with Gasteiger partial charge in [0.15, 0.2) is 0 Å². The predicted molar refractivity (Wildman–Crippen MR) is 64.6 cm³/mol. The molecule has 80 valence electrons. The fourth-order valence-corrected chi connectivity index (χ4v) is 2.56. The molecule has 2 heteroatoms. The first-order chi connectivity index (χ1) is 7.33. The lowest BCUT2D eigenvalue weighted by Crippen LogP contribution is -2.45. The van der Waals surface area contributed by atoms with Crippen LogP contribution in [0.3, 0.4) is 0 Å². The highest BCUT2D eigenvalue weighted by molar-refractivity contribution is 5.64. The molecule has 0 bridgehead atoms. The second-order valence-corrected chi connectivity index (χ2v) is 4.88. The fraction of sp³-hybridized carbons (Fsp3) is 0.538. The van der Waals surface area contributed by atoms with E-state index < -0.39 is 0 Å². The summed E-state index contributed by atoms with van der Waals surface area (Å²) in [5.74, 6) is 0.869. The van der Waals surface area contributed by atoms with Crippen LogP contribution in [0.25, 0.3) is 0 Å². The Hall–Kier alpha value is -1.18. The number of nitrogens with one attached hydrogen (secondary N) is 1. The summed E-state index contributed by atoms with van der Waals surface area (Å²) >= 11 is 0. The maximum absolute atomic E-state index is 3.49. The molecule has 2 heterocycles. The summed E-state index contributed by atoms with van der Waals surface area (Å²) in [6.45, 7) is 5.89. The van der Waals surface area contributed by atoms with Gasteiger partial charge in [-0.2, -0.15) is 0 Å². The van der Waals surface area contributed by atoms with E-state index >= 15 is 0 Å². The average Bonchev–Trinajstić information content (AvgIpc) is 2.24. The van der Waals surface area contributed by atoms with Crippen LogP contribution in [-0.2, 0) is 6.42 Å². The molecule has 2 aliphatic heterocycles. The number of hydrogen-bond acceptors (Lipinski definition) is 2. The van der Waals surface area contributed by atoms with Crippen LogP contribution in [0, 0.1) is 5.92 Å². The largest absolute Gasteiger partial charge is 0.385 e. The Balaban J connectivity index is 1.85. The van der Waals surface area contributed by atoms with E-state index in [0.29, 0.717) is 0 Å². The first-order valence-electron chi connectivity index (χ1n) is 5.95. The van der Waals surface area contributed by atoms with E-state index in [4.69, 9.17) is 0 Å². The minimum absolute atomic E-state index is 0.869. The number of aryl methyl sites for hydroxylation is 1. The van der Waals surface area contributed by atoms with Crippen LogP contribution in [0.4, 0.5) is 11.4 Å². The number of fused-ring (bicyclic) bond motifs is 1. The van der Waals surface area contributed by atoms with Gasteiger partial charge in [0.2, 0.25) is 0 Å². The Morgan fingerprint density at radius 3 is 3.00 bits per heavy atom. The summed E-state index contributed by atoms with van der Waals surface area (Å²) in [4.78, 5) is 2.46. The van der Waals surface area contributed by atoms with E-state index in [9.17, 15) is 0 Å². The molecular formula is C13H18N2. The molecule has 1 fully saturated rings. The third-order valence-corrected chi connectivity index (χ3v) is 3.46. The van der Waals surface area contributed by atoms with Gasteiger partial charge in [0.1, 0.15) is 0 Å². The van der Waals surface area contributed by atoms with E-state index in [-0.39, 0.29) is 0 Å². The lowest BCUT2D eigenvalue weighted by atomic mass is 9.99. The minimum atomic E-state index is 0.869. The Morgan fingerprint density at radius 1 is 1.33 bits per heavy atom. The summed E-state index contributed by atoms with van der Waals surface area (Å²) in [6.07, 6.45) is 2.51. The summed E-state index contributed by atoms with van der Waals surface area (Å²) in [5.41, 5.74) is 4.23. The summed E-state index contributed by atoms with van der Waals surface area (Å²) in [5, 5.41) is 3.49. The van der Waals surface area contributed by atoms with Crippen molar-refractivity contribution in [2.24, 2.45) is 5.92 Å². The van der Waals surface area contributed by atoms with E-state index in [1.54, 1.807) is 0 Å². The normalized spacial score (nSPS) is 20.5. The Kier molecular flexibility index (Phi) is 2.08. The molecule has 1 aromatic rings. The van der Waals surface area contributed by atoms with Crippen molar-refractivity contribution < 1.29 is 0 Å². The van der Waals surface area contributed by atoms with Gasteiger partial charge in [-0.05, 0) is 36.5 Å². The van der Waals surface area contributed by atoms with Crippen LogP contribution in [-0.4, -0.2) is 19.6 Å². The van der Waals surface area contributed by atoms with Gasteiger partial charge in [-0.15, -0.1) is 0 Å². The second kappa shape index (κ2) is 3.44. The number of benzene rings is 1. The highest BCUT2D eigenvalue weighted by atomic mass is 15.2. The zero-order chi connectivity index (χ0) is 10.3. The van der Waals surface area contributed by atoms with Crippen molar-refractivity contribution in [3.8, 4) is 0 Å². The quantitative estimate of drug-likeness (QED) is 0.752. The molecule has 0 saturated carbocycles. The van der Waals surface area contributed by atoms with Crippen molar-refractivity contribution in [1.29, 1.82) is 0 Å². The first-order valence-corrected chi connectivity index (χ1v) is 5.95. The first kappa shape index (κ1) is 9.08. The van der Waals surface area contributed by atoms with Gasteiger partial charge in [0.25, 0.3) is 0 Å². The monoisotopic (exact) mass is 202 g/mol. The number of rotatable bonds is 1. The van der Waals surface area contributed by atoms with E-state index in [1.807, 2.05) is 0 Å². The Bertz CT molecular complexity index is 367. The van der Waals surface area contributed by atoms with Crippen molar-refractivity contribution in [2.75, 3.05) is 29.9 Å². The molecule has 0 unspecified atom stereocenters. The van der Waals surface area contributed by atoms with E-state index in [2.05, 4.69) is 35.3 Å². The number of anilines is 2. The Morgan fingerprint density at radius 2 is 2.20 bits per heavy atom. The van der Waals surface area contributed by atoms with Crippen molar-refractivity contribution in [2.45, 2.75) is 19.8 Å². The maximum Gasteiger partial charge on any atom is 0.0393 e. The molecule has 0 aromatic heterocycles.